The lowest BCUT2D eigenvalue weighted by atomic mass is 9.98. The Labute approximate surface area is 135 Å². The smallest absolute Gasteiger partial charge is 0.141 e. The van der Waals surface area contributed by atoms with Gasteiger partial charge in [-0.15, -0.1) is 0 Å². The van der Waals surface area contributed by atoms with Crippen molar-refractivity contribution in [2.75, 3.05) is 6.54 Å². The highest BCUT2D eigenvalue weighted by atomic mass is 35.5. The van der Waals surface area contributed by atoms with Gasteiger partial charge in [-0.3, -0.25) is 0 Å². The minimum absolute atomic E-state index is 0.156. The minimum atomic E-state index is -0.384. The molecule has 2 rings (SSSR count). The molecule has 0 radical (unpaired) electrons. The van der Waals surface area contributed by atoms with Gasteiger partial charge in [0.25, 0.3) is 0 Å². The van der Waals surface area contributed by atoms with E-state index in [0.717, 1.165) is 35.5 Å². The van der Waals surface area contributed by atoms with Crippen molar-refractivity contribution >= 4 is 23.2 Å². The summed E-state index contributed by atoms with van der Waals surface area (Å²) in [7, 11) is 0. The lowest BCUT2D eigenvalue weighted by Crippen LogP contribution is -2.24. The number of nitrogens with one attached hydrogen (secondary N) is 1. The topological polar surface area (TPSA) is 12.0 Å². The molecule has 2 aromatic rings. The van der Waals surface area contributed by atoms with Gasteiger partial charge in [0.05, 0.1) is 5.02 Å². The van der Waals surface area contributed by atoms with Gasteiger partial charge in [-0.25, -0.2) is 4.39 Å². The molecule has 0 aliphatic heterocycles. The van der Waals surface area contributed by atoms with E-state index >= 15 is 0 Å². The predicted octanol–water partition coefficient (Wildman–Crippen LogP) is 5.42. The van der Waals surface area contributed by atoms with Crippen LogP contribution < -0.4 is 5.32 Å². The molecule has 0 saturated heterocycles. The van der Waals surface area contributed by atoms with Gasteiger partial charge in [0.2, 0.25) is 0 Å². The fourth-order valence-electron chi connectivity index (χ4n) is 2.22. The Kier molecular flexibility index (Phi) is 6.04. The van der Waals surface area contributed by atoms with Crippen molar-refractivity contribution in [3.63, 3.8) is 0 Å². The lowest BCUT2D eigenvalue weighted by molar-refractivity contribution is 0.528. The number of halogens is 3. The van der Waals surface area contributed by atoms with E-state index in [1.54, 1.807) is 12.1 Å². The molecule has 1 N–H and O–H groups in total. The Balaban J connectivity index is 2.19. The second-order valence-electron chi connectivity index (χ2n) is 5.01. The van der Waals surface area contributed by atoms with Crippen molar-refractivity contribution in [1.82, 2.24) is 5.32 Å². The van der Waals surface area contributed by atoms with E-state index in [-0.39, 0.29) is 16.9 Å². The van der Waals surface area contributed by atoms with Crippen molar-refractivity contribution in [3.8, 4) is 0 Å². The summed E-state index contributed by atoms with van der Waals surface area (Å²) in [6, 6.07) is 12.8. The first kappa shape index (κ1) is 16.3. The number of rotatable bonds is 6. The Bertz CT molecular complexity index is 584. The fourth-order valence-corrected chi connectivity index (χ4v) is 2.55. The summed E-state index contributed by atoms with van der Waals surface area (Å²) in [5.41, 5.74) is 2.17. The highest BCUT2D eigenvalue weighted by Gasteiger charge is 2.12. The van der Waals surface area contributed by atoms with Gasteiger partial charge in [-0.2, -0.15) is 0 Å². The Morgan fingerprint density at radius 2 is 1.81 bits per heavy atom. The molecule has 21 heavy (non-hydrogen) atoms. The average molecular weight is 326 g/mol. The molecule has 1 unspecified atom stereocenters. The van der Waals surface area contributed by atoms with E-state index in [0.29, 0.717) is 0 Å². The van der Waals surface area contributed by atoms with E-state index in [1.165, 1.54) is 6.07 Å². The Morgan fingerprint density at radius 3 is 2.43 bits per heavy atom. The molecule has 0 aliphatic rings. The maximum Gasteiger partial charge on any atom is 0.141 e. The molecule has 0 spiro atoms. The van der Waals surface area contributed by atoms with Crippen LogP contribution in [0, 0.1) is 5.82 Å². The zero-order chi connectivity index (χ0) is 15.2. The van der Waals surface area contributed by atoms with Gasteiger partial charge in [0, 0.05) is 11.1 Å². The summed E-state index contributed by atoms with van der Waals surface area (Å²) < 4.78 is 13.2. The number of hydrogen-bond donors (Lipinski definition) is 1. The van der Waals surface area contributed by atoms with E-state index in [1.807, 2.05) is 24.3 Å². The molecule has 0 aromatic heterocycles. The number of benzene rings is 2. The quantitative estimate of drug-likeness (QED) is 0.748. The third-order valence-corrected chi connectivity index (χ3v) is 3.88. The molecular formula is C17H18Cl2FN. The molecule has 0 saturated carbocycles. The average Bonchev–Trinajstić information content (AvgIpc) is 2.48. The van der Waals surface area contributed by atoms with Crippen LogP contribution >= 0.6 is 23.2 Å². The summed E-state index contributed by atoms with van der Waals surface area (Å²) in [6.07, 6.45) is 1.80. The maximum absolute atomic E-state index is 13.2. The zero-order valence-electron chi connectivity index (χ0n) is 11.9. The van der Waals surface area contributed by atoms with Gasteiger partial charge in [0.15, 0.2) is 0 Å². The Morgan fingerprint density at radius 1 is 1.10 bits per heavy atom. The molecule has 0 bridgehead atoms. The standard InChI is InChI=1S/C17H18Cl2FN/c1-2-9-21-17(13-4-6-14(18)7-5-13)11-12-3-8-16(20)15(19)10-12/h3-8,10,17,21H,2,9,11H2,1H3. The molecule has 1 atom stereocenters. The van der Waals surface area contributed by atoms with Gasteiger partial charge in [-0.05, 0) is 54.8 Å². The van der Waals surface area contributed by atoms with Gasteiger partial charge >= 0.3 is 0 Å². The third-order valence-electron chi connectivity index (χ3n) is 3.34. The highest BCUT2D eigenvalue weighted by Crippen LogP contribution is 2.23. The summed E-state index contributed by atoms with van der Waals surface area (Å²) in [5.74, 6) is -0.384. The van der Waals surface area contributed by atoms with Crippen molar-refractivity contribution in [2.24, 2.45) is 0 Å². The van der Waals surface area contributed by atoms with E-state index < -0.39 is 0 Å². The molecule has 0 amide bonds. The van der Waals surface area contributed by atoms with Crippen molar-refractivity contribution in [2.45, 2.75) is 25.8 Å². The van der Waals surface area contributed by atoms with Crippen LogP contribution in [0.25, 0.3) is 0 Å². The van der Waals surface area contributed by atoms with E-state index in [9.17, 15) is 4.39 Å². The SMILES string of the molecule is CCCNC(Cc1ccc(F)c(Cl)c1)c1ccc(Cl)cc1. The predicted molar refractivity (Wildman–Crippen MR) is 87.6 cm³/mol. The molecule has 0 heterocycles. The Hall–Kier alpha value is -1.09. The van der Waals surface area contributed by atoms with Crippen molar-refractivity contribution < 1.29 is 4.39 Å². The van der Waals surface area contributed by atoms with Crippen LogP contribution in [0.2, 0.25) is 10.0 Å². The fraction of sp³-hybridized carbons (Fsp3) is 0.294. The van der Waals surface area contributed by atoms with Crippen LogP contribution in [0.15, 0.2) is 42.5 Å². The summed E-state index contributed by atoms with van der Waals surface area (Å²) in [6.45, 7) is 3.04. The van der Waals surface area contributed by atoms with Crippen LogP contribution in [0.1, 0.15) is 30.5 Å². The zero-order valence-corrected chi connectivity index (χ0v) is 13.4. The normalized spacial score (nSPS) is 12.4. The van der Waals surface area contributed by atoms with E-state index in [2.05, 4.69) is 12.2 Å². The van der Waals surface area contributed by atoms with Crippen molar-refractivity contribution in [3.05, 3.63) is 69.5 Å². The van der Waals surface area contributed by atoms with Crippen LogP contribution in [-0.4, -0.2) is 6.54 Å². The molecule has 0 fully saturated rings. The maximum atomic E-state index is 13.2. The van der Waals surface area contributed by atoms with Crippen LogP contribution in [-0.2, 0) is 6.42 Å². The minimum Gasteiger partial charge on any atom is -0.310 e. The molecule has 4 heteroatoms. The second-order valence-corrected chi connectivity index (χ2v) is 5.85. The lowest BCUT2D eigenvalue weighted by Gasteiger charge is -2.19. The van der Waals surface area contributed by atoms with Crippen LogP contribution in [0.4, 0.5) is 4.39 Å². The molecular weight excluding hydrogens is 308 g/mol. The first-order chi connectivity index (χ1) is 10.1. The van der Waals surface area contributed by atoms with Crippen molar-refractivity contribution in [1.29, 1.82) is 0 Å². The van der Waals surface area contributed by atoms with Gasteiger partial charge in [-0.1, -0.05) is 48.3 Å². The number of hydrogen-bond acceptors (Lipinski definition) is 1. The van der Waals surface area contributed by atoms with Gasteiger partial charge < -0.3 is 5.32 Å². The second kappa shape index (κ2) is 7.79. The monoisotopic (exact) mass is 325 g/mol. The summed E-state index contributed by atoms with van der Waals surface area (Å²) >= 11 is 11.8. The summed E-state index contributed by atoms with van der Waals surface area (Å²) in [4.78, 5) is 0. The highest BCUT2D eigenvalue weighted by molar-refractivity contribution is 6.31. The van der Waals surface area contributed by atoms with E-state index in [4.69, 9.17) is 23.2 Å². The first-order valence-electron chi connectivity index (χ1n) is 7.03. The summed E-state index contributed by atoms with van der Waals surface area (Å²) in [5, 5.41) is 4.39. The van der Waals surface area contributed by atoms with Crippen LogP contribution in [0.5, 0.6) is 0 Å². The van der Waals surface area contributed by atoms with Crippen LogP contribution in [0.3, 0.4) is 0 Å². The first-order valence-corrected chi connectivity index (χ1v) is 7.78. The molecule has 2 aromatic carbocycles. The third kappa shape index (κ3) is 4.70. The largest absolute Gasteiger partial charge is 0.310 e. The molecule has 1 nitrogen and oxygen atoms in total. The van der Waals surface area contributed by atoms with Gasteiger partial charge in [0.1, 0.15) is 5.82 Å². The molecule has 112 valence electrons. The molecule has 0 aliphatic carbocycles.